The van der Waals surface area contributed by atoms with Gasteiger partial charge >= 0.3 is 5.97 Å². The number of rotatable bonds is 28. The molecule has 0 spiro atoms. The first-order chi connectivity index (χ1) is 34.3. The van der Waals surface area contributed by atoms with Crippen molar-refractivity contribution in [3.8, 4) is 11.5 Å². The van der Waals surface area contributed by atoms with E-state index in [0.29, 0.717) is 11.1 Å². The molecule has 0 aliphatic carbocycles. The molecule has 1 aliphatic heterocycles. The van der Waals surface area contributed by atoms with Crippen LogP contribution in [0.3, 0.4) is 0 Å². The summed E-state index contributed by atoms with van der Waals surface area (Å²) in [4.78, 5) is 133. The molecule has 0 bridgehead atoms. The quantitative estimate of drug-likeness (QED) is 0.0381. The van der Waals surface area contributed by atoms with Crippen LogP contribution in [0.25, 0.3) is 0 Å². The number of phenolic OH excluding ortho intramolecular Hbond substituents is 2. The third-order valence-electron chi connectivity index (χ3n) is 11.6. The summed E-state index contributed by atoms with van der Waals surface area (Å²) in [5, 5.41) is 76.0. The van der Waals surface area contributed by atoms with E-state index in [4.69, 9.17) is 11.5 Å². The number of carbonyl (C=O) groups excluding carboxylic acids is 9. The first-order valence-corrected chi connectivity index (χ1v) is 23.5. The van der Waals surface area contributed by atoms with E-state index in [0.717, 1.165) is 11.8 Å². The van der Waals surface area contributed by atoms with Crippen LogP contribution >= 0.6 is 0 Å². The highest BCUT2D eigenvalue weighted by atomic mass is 16.4. The minimum absolute atomic E-state index is 0.0210. The summed E-state index contributed by atoms with van der Waals surface area (Å²) in [5.74, 6) is -10.1. The zero-order valence-electron chi connectivity index (χ0n) is 40.9. The van der Waals surface area contributed by atoms with Crippen molar-refractivity contribution in [3.05, 3.63) is 59.7 Å². The van der Waals surface area contributed by atoms with Gasteiger partial charge in [-0.3, -0.25) is 43.2 Å². The SMILES string of the molecule is CC(C)C[C@H](N)C(=O)N[C@@H](CCC(N)=O)C(=O)N[C@@H](Cc1ccc(O)cc1)C(=O)N[C@@H](C)C(=O)N[C@@H](CO)C(=O)N[C@@H](CO)C(=O)N1CCC[C@H]1C(=O)N[C@@H](Cc1ccc(O)cc1)C(=O)N[C@H](C(=O)O)[C@@H](C)O. The maximum Gasteiger partial charge on any atom is 0.328 e. The number of nitrogens with one attached hydrogen (secondary N) is 7. The lowest BCUT2D eigenvalue weighted by atomic mass is 10.0. The summed E-state index contributed by atoms with van der Waals surface area (Å²) in [6.07, 6.45) is -1.98. The number of carbonyl (C=O) groups is 10. The molecule has 9 amide bonds. The Kier molecular flexibility index (Phi) is 23.4. The van der Waals surface area contributed by atoms with E-state index in [1.807, 2.05) is 13.8 Å². The average molecular weight is 1030 g/mol. The Balaban J connectivity index is 1.74. The number of nitrogens with two attached hydrogens (primary N) is 2. The topological polar surface area (TPSA) is 432 Å². The molecule has 0 unspecified atom stereocenters. The summed E-state index contributed by atoms with van der Waals surface area (Å²) in [5.41, 5.74) is 12.2. The van der Waals surface area contributed by atoms with Gasteiger partial charge in [-0.2, -0.15) is 0 Å². The van der Waals surface area contributed by atoms with Crippen molar-refractivity contribution in [1.82, 2.24) is 42.1 Å². The maximum atomic E-state index is 13.8. The monoisotopic (exact) mass is 1030 g/mol. The van der Waals surface area contributed by atoms with E-state index in [1.54, 1.807) is 0 Å². The molecule has 1 saturated heterocycles. The molecule has 26 nitrogen and oxygen atoms in total. The number of carboxylic acids is 1. The van der Waals surface area contributed by atoms with Crippen molar-refractivity contribution >= 4 is 59.1 Å². The highest BCUT2D eigenvalue weighted by Crippen LogP contribution is 2.20. The van der Waals surface area contributed by atoms with Gasteiger partial charge in [0, 0.05) is 25.8 Å². The molecule has 26 heteroatoms. The second-order valence-electron chi connectivity index (χ2n) is 18.1. The average Bonchev–Trinajstić information content (AvgIpc) is 3.83. The van der Waals surface area contributed by atoms with Crippen molar-refractivity contribution in [2.24, 2.45) is 17.4 Å². The third-order valence-corrected chi connectivity index (χ3v) is 11.6. The standard InChI is InChI=1S/C47H68N10O16/c1-23(2)18-30(48)40(65)51-31(15-16-37(49)63)41(66)52-32(19-26-7-11-28(61)12-8-26)42(67)50-24(3)39(64)54-34(21-58)44(69)55-35(22-59)46(71)57-17-5-6-36(57)45(70)53-33(20-27-9-13-29(62)14-10-27)43(68)56-38(25(4)60)47(72)73/h7-14,23-25,30-36,38,58-62H,5-6,15-22,48H2,1-4H3,(H2,49,63)(H,50,67)(H,51,65)(H,52,66)(H,53,70)(H,54,64)(H,55,69)(H,56,68)(H,72,73)/t24-,25+,30-,31-,32-,33-,34-,35-,36-,38-/m0/s1. The van der Waals surface area contributed by atoms with Gasteiger partial charge in [0.25, 0.3) is 0 Å². The largest absolute Gasteiger partial charge is 0.508 e. The van der Waals surface area contributed by atoms with Crippen LogP contribution < -0.4 is 48.7 Å². The number of benzene rings is 2. The smallest absolute Gasteiger partial charge is 0.328 e. The van der Waals surface area contributed by atoms with E-state index in [9.17, 15) is 78.6 Å². The Morgan fingerprint density at radius 1 is 0.630 bits per heavy atom. The molecule has 0 aromatic heterocycles. The van der Waals surface area contributed by atoms with E-state index in [1.165, 1.54) is 55.5 Å². The number of aliphatic carboxylic acids is 1. The molecule has 0 radical (unpaired) electrons. The van der Waals surface area contributed by atoms with Gasteiger partial charge in [0.15, 0.2) is 6.04 Å². The molecule has 10 atom stereocenters. The summed E-state index contributed by atoms with van der Waals surface area (Å²) in [6, 6.07) is -2.23. The number of hydrogen-bond acceptors (Lipinski definition) is 16. The zero-order valence-corrected chi connectivity index (χ0v) is 40.9. The highest BCUT2D eigenvalue weighted by molar-refractivity contribution is 5.98. The summed E-state index contributed by atoms with van der Waals surface area (Å²) in [7, 11) is 0. The third kappa shape index (κ3) is 18.9. The zero-order chi connectivity index (χ0) is 54.7. The van der Waals surface area contributed by atoms with Crippen LogP contribution in [-0.4, -0.2) is 175 Å². The molecule has 3 rings (SSSR count). The van der Waals surface area contributed by atoms with E-state index in [-0.39, 0.29) is 68.9 Å². The van der Waals surface area contributed by atoms with Crippen molar-refractivity contribution < 1.29 is 78.6 Å². The lowest BCUT2D eigenvalue weighted by molar-refractivity contribution is -0.146. The van der Waals surface area contributed by atoms with Crippen LogP contribution in [-0.2, 0) is 60.8 Å². The van der Waals surface area contributed by atoms with Crippen LogP contribution in [0.1, 0.15) is 70.9 Å². The van der Waals surface area contributed by atoms with Crippen molar-refractivity contribution in [3.63, 3.8) is 0 Å². The molecule has 1 heterocycles. The van der Waals surface area contributed by atoms with Gasteiger partial charge in [0.05, 0.1) is 25.4 Å². The number of hydrogen-bond donors (Lipinski definition) is 15. The van der Waals surface area contributed by atoms with Gasteiger partial charge in [-0.05, 0) is 80.8 Å². The number of aliphatic hydroxyl groups excluding tert-OH is 3. The summed E-state index contributed by atoms with van der Waals surface area (Å²) in [6.45, 7) is 3.88. The Hall–Kier alpha value is -7.42. The fourth-order valence-corrected chi connectivity index (χ4v) is 7.62. The Bertz CT molecular complexity index is 2260. The van der Waals surface area contributed by atoms with Crippen LogP contribution in [0.15, 0.2) is 48.5 Å². The molecular weight excluding hydrogens is 961 g/mol. The van der Waals surface area contributed by atoms with E-state index < -0.39 is 133 Å². The number of aromatic hydroxyl groups is 2. The molecule has 73 heavy (non-hydrogen) atoms. The van der Waals surface area contributed by atoms with Crippen molar-refractivity contribution in [1.29, 1.82) is 0 Å². The molecule has 2 aromatic rings. The van der Waals surface area contributed by atoms with Crippen LogP contribution in [0, 0.1) is 5.92 Å². The van der Waals surface area contributed by atoms with Crippen LogP contribution in [0.2, 0.25) is 0 Å². The summed E-state index contributed by atoms with van der Waals surface area (Å²) < 4.78 is 0. The minimum Gasteiger partial charge on any atom is -0.508 e. The predicted molar refractivity (Wildman–Crippen MR) is 257 cm³/mol. The molecule has 402 valence electrons. The second kappa shape index (κ2) is 28.6. The van der Waals surface area contributed by atoms with Gasteiger partial charge in [-0.1, -0.05) is 38.1 Å². The molecule has 2 aromatic carbocycles. The van der Waals surface area contributed by atoms with Gasteiger partial charge in [-0.15, -0.1) is 0 Å². The Morgan fingerprint density at radius 2 is 1.10 bits per heavy atom. The minimum atomic E-state index is -1.79. The Morgan fingerprint density at radius 3 is 1.59 bits per heavy atom. The number of aliphatic hydroxyl groups is 3. The van der Waals surface area contributed by atoms with Gasteiger partial charge in [0.1, 0.15) is 53.8 Å². The number of carboxylic acid groups (broad SMARTS) is 1. The normalized spacial score (nSPS) is 16.9. The highest BCUT2D eigenvalue weighted by Gasteiger charge is 2.40. The van der Waals surface area contributed by atoms with Crippen molar-refractivity contribution in [2.45, 2.75) is 133 Å². The van der Waals surface area contributed by atoms with Crippen LogP contribution in [0.4, 0.5) is 0 Å². The Labute approximate surface area is 420 Å². The lowest BCUT2D eigenvalue weighted by Crippen LogP contribution is -2.61. The number of phenols is 2. The fraction of sp³-hybridized carbons (Fsp3) is 0.532. The number of primary amides is 1. The first kappa shape index (κ1) is 59.9. The molecule has 1 aliphatic rings. The van der Waals surface area contributed by atoms with Crippen molar-refractivity contribution in [2.75, 3.05) is 19.8 Å². The summed E-state index contributed by atoms with van der Waals surface area (Å²) >= 11 is 0. The van der Waals surface area contributed by atoms with E-state index in [2.05, 4.69) is 37.2 Å². The lowest BCUT2D eigenvalue weighted by Gasteiger charge is -2.30. The fourth-order valence-electron chi connectivity index (χ4n) is 7.62. The number of nitrogens with zero attached hydrogens (tertiary/aromatic N) is 1. The predicted octanol–water partition coefficient (Wildman–Crippen LogP) is -4.62. The number of amides is 9. The van der Waals surface area contributed by atoms with Gasteiger partial charge < -0.3 is 84.2 Å². The molecule has 1 fully saturated rings. The van der Waals surface area contributed by atoms with E-state index >= 15 is 0 Å². The number of likely N-dealkylation sites (tertiary alicyclic amines) is 1. The second-order valence-corrected chi connectivity index (χ2v) is 18.1. The molecular formula is C47H68N10O16. The molecule has 0 saturated carbocycles. The van der Waals surface area contributed by atoms with Gasteiger partial charge in [-0.25, -0.2) is 4.79 Å². The maximum absolute atomic E-state index is 13.8. The van der Waals surface area contributed by atoms with Gasteiger partial charge in [0.2, 0.25) is 53.2 Å². The first-order valence-electron chi connectivity index (χ1n) is 23.5. The molecule has 17 N–H and O–H groups in total. The van der Waals surface area contributed by atoms with Crippen LogP contribution in [0.5, 0.6) is 11.5 Å².